The average molecular weight is 238 g/mol. The summed E-state index contributed by atoms with van der Waals surface area (Å²) in [5, 5.41) is 9.99. The first-order valence-corrected chi connectivity index (χ1v) is 6.45. The molecule has 0 aliphatic heterocycles. The predicted octanol–water partition coefficient (Wildman–Crippen LogP) is 3.61. The quantitative estimate of drug-likeness (QED) is 0.403. The second kappa shape index (κ2) is 6.26. The molecular formula is C10H22O2S2. The summed E-state index contributed by atoms with van der Waals surface area (Å²) < 4.78 is 5.61. The Balaban J connectivity index is 4.14. The van der Waals surface area contributed by atoms with Crippen molar-refractivity contribution in [1.29, 1.82) is 0 Å². The maximum atomic E-state index is 9.99. The topological polar surface area (TPSA) is 29.5 Å². The SMILES string of the molecule is CCC(S)(CC)OSC(O)(CC)CC. The van der Waals surface area contributed by atoms with Gasteiger partial charge in [0.15, 0.2) is 0 Å². The van der Waals surface area contributed by atoms with Crippen LogP contribution in [-0.4, -0.2) is 15.0 Å². The highest BCUT2D eigenvalue weighted by Gasteiger charge is 2.30. The molecule has 0 aromatic rings. The zero-order valence-corrected chi connectivity index (χ0v) is 11.3. The molecule has 0 unspecified atom stereocenters. The first kappa shape index (κ1) is 14.6. The van der Waals surface area contributed by atoms with E-state index in [1.807, 2.05) is 27.7 Å². The lowest BCUT2D eigenvalue weighted by Crippen LogP contribution is -2.28. The van der Waals surface area contributed by atoms with Crippen LogP contribution >= 0.6 is 24.7 Å². The molecule has 0 aromatic carbocycles. The number of rotatable bonds is 7. The third-order valence-electron chi connectivity index (χ3n) is 2.56. The molecule has 0 bridgehead atoms. The molecule has 4 heteroatoms. The van der Waals surface area contributed by atoms with Gasteiger partial charge in [-0.25, -0.2) is 0 Å². The molecule has 0 aliphatic carbocycles. The standard InChI is InChI=1S/C10H22O2S2/c1-5-9(11,6-2)14-12-10(13,7-3)8-4/h11,13H,5-8H2,1-4H3. The monoisotopic (exact) mass is 238 g/mol. The molecule has 0 amide bonds. The van der Waals surface area contributed by atoms with Crippen LogP contribution in [0.2, 0.25) is 0 Å². The van der Waals surface area contributed by atoms with Gasteiger partial charge in [-0.15, -0.1) is 12.6 Å². The van der Waals surface area contributed by atoms with E-state index in [0.717, 1.165) is 24.9 Å². The van der Waals surface area contributed by atoms with Gasteiger partial charge in [-0.3, -0.25) is 4.18 Å². The van der Waals surface area contributed by atoms with E-state index in [-0.39, 0.29) is 0 Å². The van der Waals surface area contributed by atoms with Gasteiger partial charge in [0.2, 0.25) is 0 Å². The summed E-state index contributed by atoms with van der Waals surface area (Å²) in [5.74, 6) is 0. The van der Waals surface area contributed by atoms with Crippen LogP contribution in [0, 0.1) is 0 Å². The second-order valence-corrected chi connectivity index (χ2v) is 5.38. The highest BCUT2D eigenvalue weighted by Crippen LogP contribution is 2.38. The fourth-order valence-corrected chi connectivity index (χ4v) is 1.78. The Hall–Kier alpha value is 0.620. The van der Waals surface area contributed by atoms with E-state index in [1.165, 1.54) is 0 Å². The van der Waals surface area contributed by atoms with E-state index < -0.39 is 9.87 Å². The van der Waals surface area contributed by atoms with E-state index in [1.54, 1.807) is 0 Å². The summed E-state index contributed by atoms with van der Waals surface area (Å²) in [5.41, 5.74) is 0. The Bertz CT molecular complexity index is 136. The van der Waals surface area contributed by atoms with E-state index in [4.69, 9.17) is 4.18 Å². The van der Waals surface area contributed by atoms with Crippen molar-refractivity contribution in [2.24, 2.45) is 0 Å². The second-order valence-electron chi connectivity index (χ2n) is 3.47. The molecule has 0 heterocycles. The number of thiol groups is 1. The Morgan fingerprint density at radius 2 is 1.50 bits per heavy atom. The van der Waals surface area contributed by atoms with Gasteiger partial charge in [-0.05, 0) is 25.7 Å². The van der Waals surface area contributed by atoms with Gasteiger partial charge < -0.3 is 5.11 Å². The largest absolute Gasteiger partial charge is 0.377 e. The van der Waals surface area contributed by atoms with Crippen molar-refractivity contribution in [3.8, 4) is 0 Å². The van der Waals surface area contributed by atoms with Crippen LogP contribution in [0.15, 0.2) is 0 Å². The Morgan fingerprint density at radius 3 is 1.79 bits per heavy atom. The lowest BCUT2D eigenvalue weighted by atomic mass is 10.2. The molecule has 0 aromatic heterocycles. The summed E-state index contributed by atoms with van der Waals surface area (Å²) in [6, 6.07) is 0. The highest BCUT2D eigenvalue weighted by molar-refractivity contribution is 7.96. The highest BCUT2D eigenvalue weighted by atomic mass is 32.2. The maximum absolute atomic E-state index is 9.99. The minimum atomic E-state index is -0.766. The zero-order valence-electron chi connectivity index (χ0n) is 9.54. The van der Waals surface area contributed by atoms with Crippen LogP contribution in [0.4, 0.5) is 0 Å². The van der Waals surface area contributed by atoms with Crippen LogP contribution in [0.1, 0.15) is 53.4 Å². The summed E-state index contributed by atoms with van der Waals surface area (Å²) >= 11 is 5.61. The fraction of sp³-hybridized carbons (Fsp3) is 1.00. The molecule has 0 fully saturated rings. The first-order valence-electron chi connectivity index (χ1n) is 5.26. The number of aliphatic hydroxyl groups is 1. The molecule has 0 radical (unpaired) electrons. The van der Waals surface area contributed by atoms with Gasteiger partial charge in [-0.2, -0.15) is 0 Å². The molecular weight excluding hydrogens is 216 g/mol. The maximum Gasteiger partial charge on any atom is 0.135 e. The molecule has 0 saturated carbocycles. The van der Waals surface area contributed by atoms with Gasteiger partial charge in [-0.1, -0.05) is 27.7 Å². The summed E-state index contributed by atoms with van der Waals surface area (Å²) in [4.78, 5) is -1.18. The Kier molecular flexibility index (Phi) is 6.53. The normalized spacial score (nSPS) is 13.3. The van der Waals surface area contributed by atoms with Crippen molar-refractivity contribution in [3.63, 3.8) is 0 Å². The lowest BCUT2D eigenvalue weighted by molar-refractivity contribution is 0.103. The summed E-state index contributed by atoms with van der Waals surface area (Å²) in [7, 11) is 0. The lowest BCUT2D eigenvalue weighted by Gasteiger charge is -2.30. The van der Waals surface area contributed by atoms with Crippen LogP contribution in [0.25, 0.3) is 0 Å². The third kappa shape index (κ3) is 4.43. The van der Waals surface area contributed by atoms with E-state index in [0.29, 0.717) is 12.8 Å². The smallest absolute Gasteiger partial charge is 0.135 e. The van der Waals surface area contributed by atoms with E-state index in [2.05, 4.69) is 12.6 Å². The molecule has 1 N–H and O–H groups in total. The summed E-state index contributed by atoms with van der Waals surface area (Å²) in [6.45, 7) is 7.98. The van der Waals surface area contributed by atoms with Gasteiger partial charge in [0.1, 0.15) is 9.87 Å². The molecule has 14 heavy (non-hydrogen) atoms. The van der Waals surface area contributed by atoms with Crippen LogP contribution in [0.5, 0.6) is 0 Å². The third-order valence-corrected chi connectivity index (χ3v) is 4.70. The van der Waals surface area contributed by atoms with Crippen molar-refractivity contribution in [2.75, 3.05) is 0 Å². The zero-order chi connectivity index (χ0) is 11.2. The molecule has 0 atom stereocenters. The van der Waals surface area contributed by atoms with Gasteiger partial charge in [0.25, 0.3) is 0 Å². The number of hydrogen-bond acceptors (Lipinski definition) is 4. The average Bonchev–Trinajstić information content (AvgIpc) is 2.25. The van der Waals surface area contributed by atoms with Crippen molar-refractivity contribution in [1.82, 2.24) is 0 Å². The van der Waals surface area contributed by atoms with Gasteiger partial charge in [0.05, 0.1) is 0 Å². The Labute approximate surface area is 97.4 Å². The molecule has 0 saturated heterocycles. The number of hydrogen-bond donors (Lipinski definition) is 2. The van der Waals surface area contributed by atoms with Crippen molar-refractivity contribution in [2.45, 2.75) is 63.2 Å². The van der Waals surface area contributed by atoms with Crippen LogP contribution in [0.3, 0.4) is 0 Å². The minimum Gasteiger partial charge on any atom is -0.377 e. The van der Waals surface area contributed by atoms with E-state index in [9.17, 15) is 5.11 Å². The predicted molar refractivity (Wildman–Crippen MR) is 66.5 cm³/mol. The molecule has 0 aliphatic rings. The summed E-state index contributed by atoms with van der Waals surface area (Å²) in [6.07, 6.45) is 3.04. The van der Waals surface area contributed by atoms with Gasteiger partial charge >= 0.3 is 0 Å². The molecule has 86 valence electrons. The van der Waals surface area contributed by atoms with Gasteiger partial charge in [0, 0.05) is 12.0 Å². The van der Waals surface area contributed by atoms with E-state index >= 15 is 0 Å². The molecule has 2 nitrogen and oxygen atoms in total. The van der Waals surface area contributed by atoms with Crippen molar-refractivity contribution in [3.05, 3.63) is 0 Å². The fourth-order valence-electron chi connectivity index (χ4n) is 0.891. The van der Waals surface area contributed by atoms with Crippen LogP contribution < -0.4 is 0 Å². The Morgan fingerprint density at radius 1 is 1.07 bits per heavy atom. The van der Waals surface area contributed by atoms with Crippen molar-refractivity contribution >= 4 is 24.7 Å². The van der Waals surface area contributed by atoms with Crippen molar-refractivity contribution < 1.29 is 9.29 Å². The molecule has 0 spiro atoms. The minimum absolute atomic E-state index is 0.414. The molecule has 0 rings (SSSR count). The first-order chi connectivity index (χ1) is 6.45. The van der Waals surface area contributed by atoms with Crippen LogP contribution in [-0.2, 0) is 4.18 Å².